The summed E-state index contributed by atoms with van der Waals surface area (Å²) in [6, 6.07) is 4.14. The molecule has 1 N–H and O–H groups in total. The molecule has 0 aliphatic rings. The van der Waals surface area contributed by atoms with Crippen LogP contribution in [0.25, 0.3) is 0 Å². The summed E-state index contributed by atoms with van der Waals surface area (Å²) in [4.78, 5) is 14.5. The SMILES string of the molecule is Cc1ccc(CNc2cnn(CC(C)C)c(=O)c2Cl)s1. The summed E-state index contributed by atoms with van der Waals surface area (Å²) in [5, 5.41) is 7.53. The summed E-state index contributed by atoms with van der Waals surface area (Å²) < 4.78 is 1.41. The van der Waals surface area contributed by atoms with Crippen molar-refractivity contribution in [3.05, 3.63) is 43.5 Å². The van der Waals surface area contributed by atoms with Crippen molar-refractivity contribution in [3.63, 3.8) is 0 Å². The van der Waals surface area contributed by atoms with E-state index in [4.69, 9.17) is 11.6 Å². The Morgan fingerprint density at radius 3 is 2.80 bits per heavy atom. The van der Waals surface area contributed by atoms with Gasteiger partial charge in [-0.1, -0.05) is 25.4 Å². The van der Waals surface area contributed by atoms with Crippen molar-refractivity contribution in [2.45, 2.75) is 33.9 Å². The zero-order valence-corrected chi connectivity index (χ0v) is 13.4. The van der Waals surface area contributed by atoms with Crippen LogP contribution >= 0.6 is 22.9 Å². The van der Waals surface area contributed by atoms with Crippen molar-refractivity contribution in [1.29, 1.82) is 0 Å². The lowest BCUT2D eigenvalue weighted by Crippen LogP contribution is -2.26. The molecule has 2 aromatic rings. The Morgan fingerprint density at radius 2 is 2.20 bits per heavy atom. The average Bonchev–Trinajstić information content (AvgIpc) is 2.79. The van der Waals surface area contributed by atoms with Crippen molar-refractivity contribution < 1.29 is 0 Å². The number of hydrogen-bond acceptors (Lipinski definition) is 4. The molecule has 0 amide bonds. The van der Waals surface area contributed by atoms with Gasteiger partial charge in [-0.05, 0) is 25.0 Å². The van der Waals surface area contributed by atoms with Crippen molar-refractivity contribution in [2.75, 3.05) is 5.32 Å². The Kier molecular flexibility index (Phi) is 4.83. The van der Waals surface area contributed by atoms with Gasteiger partial charge in [0.1, 0.15) is 5.02 Å². The van der Waals surface area contributed by atoms with E-state index in [-0.39, 0.29) is 10.6 Å². The molecule has 20 heavy (non-hydrogen) atoms. The first-order valence-corrected chi connectivity index (χ1v) is 7.71. The third kappa shape index (κ3) is 3.61. The molecular formula is C14H18ClN3OS. The van der Waals surface area contributed by atoms with Crippen LogP contribution in [0, 0.1) is 12.8 Å². The maximum atomic E-state index is 12.1. The first-order valence-electron chi connectivity index (χ1n) is 6.52. The van der Waals surface area contributed by atoms with Gasteiger partial charge in [-0.2, -0.15) is 5.10 Å². The number of nitrogens with one attached hydrogen (secondary N) is 1. The minimum absolute atomic E-state index is 0.203. The molecule has 0 aliphatic carbocycles. The molecule has 0 radical (unpaired) electrons. The maximum Gasteiger partial charge on any atom is 0.287 e. The quantitative estimate of drug-likeness (QED) is 0.919. The first kappa shape index (κ1) is 15.1. The lowest BCUT2D eigenvalue weighted by atomic mass is 10.2. The molecule has 0 aliphatic heterocycles. The van der Waals surface area contributed by atoms with Crippen molar-refractivity contribution in [1.82, 2.24) is 9.78 Å². The number of halogens is 1. The highest BCUT2D eigenvalue weighted by Crippen LogP contribution is 2.20. The summed E-state index contributed by atoms with van der Waals surface area (Å²) in [6.45, 7) is 7.35. The molecule has 0 atom stereocenters. The van der Waals surface area contributed by atoms with Gasteiger partial charge < -0.3 is 5.32 Å². The van der Waals surface area contributed by atoms with E-state index in [1.807, 2.05) is 13.8 Å². The topological polar surface area (TPSA) is 46.9 Å². The lowest BCUT2D eigenvalue weighted by Gasteiger charge is -2.11. The first-order chi connectivity index (χ1) is 9.47. The highest BCUT2D eigenvalue weighted by atomic mass is 35.5. The molecule has 0 unspecified atom stereocenters. The van der Waals surface area contributed by atoms with Crippen LogP contribution in [0.3, 0.4) is 0 Å². The maximum absolute atomic E-state index is 12.1. The summed E-state index contributed by atoms with van der Waals surface area (Å²) in [5.74, 6) is 0.351. The highest BCUT2D eigenvalue weighted by Gasteiger charge is 2.10. The zero-order valence-electron chi connectivity index (χ0n) is 11.8. The number of aryl methyl sites for hydroxylation is 1. The third-order valence-electron chi connectivity index (χ3n) is 2.77. The molecule has 2 rings (SSSR count). The molecule has 0 saturated heterocycles. The van der Waals surface area contributed by atoms with Crippen LogP contribution in [0.2, 0.25) is 5.02 Å². The summed E-state index contributed by atoms with van der Waals surface area (Å²) >= 11 is 7.84. The molecule has 0 bridgehead atoms. The predicted octanol–water partition coefficient (Wildman–Crippen LogP) is 3.53. The van der Waals surface area contributed by atoms with Gasteiger partial charge in [0.25, 0.3) is 5.56 Å². The van der Waals surface area contributed by atoms with Crippen molar-refractivity contribution >= 4 is 28.6 Å². The Labute approximate surface area is 127 Å². The smallest absolute Gasteiger partial charge is 0.287 e. The van der Waals surface area contributed by atoms with E-state index in [1.54, 1.807) is 17.5 Å². The van der Waals surface area contributed by atoms with Gasteiger partial charge in [-0.15, -0.1) is 11.3 Å². The van der Waals surface area contributed by atoms with Crippen molar-refractivity contribution in [3.8, 4) is 0 Å². The second kappa shape index (κ2) is 6.41. The Balaban J connectivity index is 2.13. The molecule has 0 aromatic carbocycles. The van der Waals surface area contributed by atoms with Crippen LogP contribution in [0.1, 0.15) is 23.6 Å². The van der Waals surface area contributed by atoms with E-state index in [9.17, 15) is 4.79 Å². The van der Waals surface area contributed by atoms with Gasteiger partial charge in [-0.25, -0.2) is 4.68 Å². The van der Waals surface area contributed by atoms with Gasteiger partial charge in [0.15, 0.2) is 0 Å². The third-order valence-corrected chi connectivity index (χ3v) is 4.14. The van der Waals surface area contributed by atoms with Gasteiger partial charge >= 0.3 is 0 Å². The molecule has 4 nitrogen and oxygen atoms in total. The number of nitrogens with zero attached hydrogens (tertiary/aromatic N) is 2. The van der Waals surface area contributed by atoms with E-state index >= 15 is 0 Å². The van der Waals surface area contributed by atoms with Gasteiger partial charge in [0.05, 0.1) is 11.9 Å². The van der Waals surface area contributed by atoms with Crippen LogP contribution < -0.4 is 10.9 Å². The normalized spacial score (nSPS) is 11.1. The number of thiophene rings is 1. The Morgan fingerprint density at radius 1 is 1.45 bits per heavy atom. The number of anilines is 1. The van der Waals surface area contributed by atoms with Crippen LogP contribution in [-0.4, -0.2) is 9.78 Å². The zero-order chi connectivity index (χ0) is 14.7. The highest BCUT2D eigenvalue weighted by molar-refractivity contribution is 7.11. The predicted molar refractivity (Wildman–Crippen MR) is 84.7 cm³/mol. The largest absolute Gasteiger partial charge is 0.377 e. The molecule has 6 heteroatoms. The fourth-order valence-corrected chi connectivity index (χ4v) is 2.87. The fourth-order valence-electron chi connectivity index (χ4n) is 1.83. The number of rotatable bonds is 5. The summed E-state index contributed by atoms with van der Waals surface area (Å²) in [5.41, 5.74) is 0.343. The summed E-state index contributed by atoms with van der Waals surface area (Å²) in [6.07, 6.45) is 1.62. The minimum Gasteiger partial charge on any atom is -0.377 e. The molecule has 108 valence electrons. The second-order valence-corrected chi connectivity index (χ2v) is 6.87. The van der Waals surface area contributed by atoms with E-state index in [0.717, 1.165) is 0 Å². The van der Waals surface area contributed by atoms with Crippen LogP contribution in [0.4, 0.5) is 5.69 Å². The molecular weight excluding hydrogens is 294 g/mol. The van der Waals surface area contributed by atoms with E-state index < -0.39 is 0 Å². The Hall–Kier alpha value is -1.33. The van der Waals surface area contributed by atoms with Crippen LogP contribution in [-0.2, 0) is 13.1 Å². The van der Waals surface area contributed by atoms with E-state index in [0.29, 0.717) is 24.7 Å². The van der Waals surface area contributed by atoms with Gasteiger partial charge in [-0.3, -0.25) is 4.79 Å². The molecule has 0 saturated carbocycles. The molecule has 2 heterocycles. The molecule has 2 aromatic heterocycles. The van der Waals surface area contributed by atoms with Crippen LogP contribution in [0.15, 0.2) is 23.1 Å². The summed E-state index contributed by atoms with van der Waals surface area (Å²) in [7, 11) is 0. The van der Waals surface area contributed by atoms with Crippen LogP contribution in [0.5, 0.6) is 0 Å². The van der Waals surface area contributed by atoms with E-state index in [1.165, 1.54) is 14.4 Å². The van der Waals surface area contributed by atoms with Gasteiger partial charge in [0, 0.05) is 22.8 Å². The van der Waals surface area contributed by atoms with Crippen molar-refractivity contribution in [2.24, 2.45) is 5.92 Å². The minimum atomic E-state index is -0.243. The molecule has 0 fully saturated rings. The lowest BCUT2D eigenvalue weighted by molar-refractivity contribution is 0.464. The van der Waals surface area contributed by atoms with Gasteiger partial charge in [0.2, 0.25) is 0 Å². The second-order valence-electron chi connectivity index (χ2n) is 5.12. The molecule has 0 spiro atoms. The number of hydrogen-bond donors (Lipinski definition) is 1. The van der Waals surface area contributed by atoms with E-state index in [2.05, 4.69) is 29.5 Å². The fraction of sp³-hybridized carbons (Fsp3) is 0.429. The number of aromatic nitrogens is 2. The monoisotopic (exact) mass is 311 g/mol. The standard InChI is InChI=1S/C14H18ClN3OS/c1-9(2)8-18-14(19)13(15)12(7-17-18)16-6-11-5-4-10(3)20-11/h4-5,7,9,16H,6,8H2,1-3H3. The Bertz CT molecular complexity index is 648. The average molecular weight is 312 g/mol.